The number of pyridine rings is 1. The van der Waals surface area contributed by atoms with Crippen molar-refractivity contribution < 1.29 is 9.53 Å². The summed E-state index contributed by atoms with van der Waals surface area (Å²) in [4.78, 5) is 16.9. The van der Waals surface area contributed by atoms with Gasteiger partial charge in [-0.2, -0.15) is 0 Å². The number of rotatable bonds is 8. The molecule has 1 aliphatic rings. The molecule has 0 saturated heterocycles. The van der Waals surface area contributed by atoms with Gasteiger partial charge in [-0.3, -0.25) is 0 Å². The molecule has 4 rings (SSSR count). The van der Waals surface area contributed by atoms with Crippen LogP contribution in [0, 0.1) is 5.92 Å². The molecule has 1 aromatic carbocycles. The van der Waals surface area contributed by atoms with E-state index in [1.54, 1.807) is 6.20 Å². The highest BCUT2D eigenvalue weighted by Gasteiger charge is 2.19. The smallest absolute Gasteiger partial charge is 0.319 e. The Hall–Kier alpha value is -3.02. The van der Waals surface area contributed by atoms with Gasteiger partial charge in [-0.1, -0.05) is 31.4 Å². The van der Waals surface area contributed by atoms with Crippen molar-refractivity contribution in [2.45, 2.75) is 71.9 Å². The van der Waals surface area contributed by atoms with Crippen LogP contribution in [0.25, 0.3) is 11.0 Å². The second-order valence-electron chi connectivity index (χ2n) is 9.39. The van der Waals surface area contributed by atoms with Gasteiger partial charge in [-0.05, 0) is 69.4 Å². The molecule has 2 heterocycles. The van der Waals surface area contributed by atoms with Crippen LogP contribution in [0.3, 0.4) is 0 Å². The third kappa shape index (κ3) is 6.06. The van der Waals surface area contributed by atoms with Gasteiger partial charge in [-0.25, -0.2) is 9.78 Å². The van der Waals surface area contributed by atoms with Gasteiger partial charge < -0.3 is 19.9 Å². The zero-order valence-electron chi connectivity index (χ0n) is 20.1. The SMILES string of the molecule is CCOc1ccc(Cc2cc3cc(NC(=O)NC(C)C)cnc3n2CC2CCCCC2)cc1. The number of carbonyl (C=O) groups excluding carboxylic acids is 1. The predicted molar refractivity (Wildman–Crippen MR) is 134 cm³/mol. The highest BCUT2D eigenvalue weighted by molar-refractivity contribution is 5.92. The highest BCUT2D eigenvalue weighted by Crippen LogP contribution is 2.30. The summed E-state index contributed by atoms with van der Waals surface area (Å²) in [5.41, 5.74) is 4.22. The van der Waals surface area contributed by atoms with Crippen LogP contribution in [0.2, 0.25) is 0 Å². The third-order valence-corrected chi connectivity index (χ3v) is 6.28. The van der Waals surface area contributed by atoms with Crippen LogP contribution in [0.5, 0.6) is 5.75 Å². The maximum atomic E-state index is 12.1. The zero-order chi connectivity index (χ0) is 23.2. The first-order chi connectivity index (χ1) is 16.0. The number of nitrogens with one attached hydrogen (secondary N) is 2. The number of carbonyl (C=O) groups is 1. The van der Waals surface area contributed by atoms with Gasteiger partial charge in [0.2, 0.25) is 0 Å². The topological polar surface area (TPSA) is 68.2 Å². The van der Waals surface area contributed by atoms with Crippen LogP contribution < -0.4 is 15.4 Å². The molecule has 0 spiro atoms. The average Bonchev–Trinajstić information content (AvgIpc) is 3.11. The summed E-state index contributed by atoms with van der Waals surface area (Å²) in [6.45, 7) is 7.56. The minimum Gasteiger partial charge on any atom is -0.494 e. The quantitative estimate of drug-likeness (QED) is 0.435. The second kappa shape index (κ2) is 10.7. The van der Waals surface area contributed by atoms with E-state index in [1.165, 1.54) is 43.4 Å². The molecule has 0 aliphatic heterocycles. The van der Waals surface area contributed by atoms with Crippen molar-refractivity contribution in [3.8, 4) is 5.75 Å². The highest BCUT2D eigenvalue weighted by atomic mass is 16.5. The second-order valence-corrected chi connectivity index (χ2v) is 9.39. The molecule has 1 saturated carbocycles. The number of nitrogens with zero attached hydrogens (tertiary/aromatic N) is 2. The molecule has 6 nitrogen and oxygen atoms in total. The standard InChI is InChI=1S/C27H36N4O2/c1-4-33-25-12-10-20(11-13-25)14-24-16-22-15-23(30-27(32)29-19(2)3)17-28-26(22)31(24)18-21-8-6-5-7-9-21/h10-13,15-17,19,21H,4-9,14,18H2,1-3H3,(H2,29,30,32). The lowest BCUT2D eigenvalue weighted by Gasteiger charge is -2.23. The number of anilines is 1. The van der Waals surface area contributed by atoms with E-state index in [4.69, 9.17) is 9.72 Å². The summed E-state index contributed by atoms with van der Waals surface area (Å²) in [6, 6.07) is 12.5. The molecule has 0 atom stereocenters. The van der Waals surface area contributed by atoms with E-state index < -0.39 is 0 Å². The molecule has 2 amide bonds. The van der Waals surface area contributed by atoms with Crippen LogP contribution in [-0.2, 0) is 13.0 Å². The van der Waals surface area contributed by atoms with E-state index in [1.807, 2.05) is 39.0 Å². The number of amides is 2. The van der Waals surface area contributed by atoms with Crippen LogP contribution >= 0.6 is 0 Å². The van der Waals surface area contributed by atoms with E-state index in [-0.39, 0.29) is 12.1 Å². The van der Waals surface area contributed by atoms with Gasteiger partial charge in [-0.15, -0.1) is 0 Å². The number of aromatic nitrogens is 2. The van der Waals surface area contributed by atoms with Gasteiger partial charge in [0, 0.05) is 30.1 Å². The van der Waals surface area contributed by atoms with E-state index in [2.05, 4.69) is 33.4 Å². The number of hydrogen-bond donors (Lipinski definition) is 2. The Morgan fingerprint density at radius 3 is 2.61 bits per heavy atom. The first-order valence-corrected chi connectivity index (χ1v) is 12.3. The molecular formula is C27H36N4O2. The summed E-state index contributed by atoms with van der Waals surface area (Å²) >= 11 is 0. The Morgan fingerprint density at radius 2 is 1.91 bits per heavy atom. The molecule has 1 aliphatic carbocycles. The fourth-order valence-corrected chi connectivity index (χ4v) is 4.75. The maximum Gasteiger partial charge on any atom is 0.319 e. The first-order valence-electron chi connectivity index (χ1n) is 12.3. The summed E-state index contributed by atoms with van der Waals surface area (Å²) in [5, 5.41) is 6.83. The van der Waals surface area contributed by atoms with E-state index >= 15 is 0 Å². The summed E-state index contributed by atoms with van der Waals surface area (Å²) < 4.78 is 8.00. The molecule has 6 heteroatoms. The average molecular weight is 449 g/mol. The van der Waals surface area contributed by atoms with Gasteiger partial charge >= 0.3 is 6.03 Å². The molecule has 0 unspecified atom stereocenters. The fraction of sp³-hybridized carbons (Fsp3) is 0.481. The molecule has 33 heavy (non-hydrogen) atoms. The van der Waals surface area contributed by atoms with Crippen molar-refractivity contribution in [1.29, 1.82) is 0 Å². The molecular weight excluding hydrogens is 412 g/mol. The number of benzene rings is 1. The molecule has 0 radical (unpaired) electrons. The molecule has 176 valence electrons. The third-order valence-electron chi connectivity index (χ3n) is 6.28. The number of urea groups is 1. The van der Waals surface area contributed by atoms with Crippen molar-refractivity contribution in [1.82, 2.24) is 14.9 Å². The van der Waals surface area contributed by atoms with Crippen LogP contribution in [0.15, 0.2) is 42.6 Å². The largest absolute Gasteiger partial charge is 0.494 e. The first kappa shape index (κ1) is 23.1. The van der Waals surface area contributed by atoms with Crippen molar-refractivity contribution in [2.24, 2.45) is 5.92 Å². The summed E-state index contributed by atoms with van der Waals surface area (Å²) in [6.07, 6.45) is 9.18. The van der Waals surface area contributed by atoms with Crippen molar-refractivity contribution in [2.75, 3.05) is 11.9 Å². The molecule has 1 fully saturated rings. The molecule has 3 aromatic rings. The maximum absolute atomic E-state index is 12.1. The van der Waals surface area contributed by atoms with Crippen molar-refractivity contribution in [3.05, 3.63) is 53.9 Å². The molecule has 0 bridgehead atoms. The lowest BCUT2D eigenvalue weighted by molar-refractivity contribution is 0.250. The Balaban J connectivity index is 1.62. The lowest BCUT2D eigenvalue weighted by Crippen LogP contribution is -2.34. The van der Waals surface area contributed by atoms with Crippen LogP contribution in [-0.4, -0.2) is 28.2 Å². The van der Waals surface area contributed by atoms with Gasteiger partial charge in [0.05, 0.1) is 18.5 Å². The van der Waals surface area contributed by atoms with E-state index in [9.17, 15) is 4.79 Å². The van der Waals surface area contributed by atoms with E-state index in [0.717, 1.165) is 29.7 Å². The number of fused-ring (bicyclic) bond motifs is 1. The van der Waals surface area contributed by atoms with Gasteiger partial charge in [0.15, 0.2) is 0 Å². The van der Waals surface area contributed by atoms with Crippen LogP contribution in [0.4, 0.5) is 10.5 Å². The minimum absolute atomic E-state index is 0.0824. The van der Waals surface area contributed by atoms with Crippen molar-refractivity contribution >= 4 is 22.8 Å². The zero-order valence-corrected chi connectivity index (χ0v) is 20.1. The summed E-state index contributed by atoms with van der Waals surface area (Å²) in [7, 11) is 0. The molecule has 2 aromatic heterocycles. The normalized spacial score (nSPS) is 14.5. The van der Waals surface area contributed by atoms with Crippen molar-refractivity contribution in [3.63, 3.8) is 0 Å². The van der Waals surface area contributed by atoms with Gasteiger partial charge in [0.1, 0.15) is 11.4 Å². The summed E-state index contributed by atoms with van der Waals surface area (Å²) in [5.74, 6) is 1.60. The predicted octanol–water partition coefficient (Wildman–Crippen LogP) is 6.14. The monoisotopic (exact) mass is 448 g/mol. The Bertz CT molecular complexity index is 1070. The van der Waals surface area contributed by atoms with Crippen LogP contribution in [0.1, 0.15) is 64.1 Å². The number of hydrogen-bond acceptors (Lipinski definition) is 3. The minimum atomic E-state index is -0.206. The lowest BCUT2D eigenvalue weighted by atomic mass is 9.89. The fourth-order valence-electron chi connectivity index (χ4n) is 4.75. The Morgan fingerprint density at radius 1 is 1.15 bits per heavy atom. The Kier molecular flexibility index (Phi) is 7.53. The van der Waals surface area contributed by atoms with E-state index in [0.29, 0.717) is 18.2 Å². The Labute approximate surface area is 196 Å². The molecule has 2 N–H and O–H groups in total. The number of ether oxygens (including phenoxy) is 1. The van der Waals surface area contributed by atoms with Gasteiger partial charge in [0.25, 0.3) is 0 Å².